The first kappa shape index (κ1) is 39.2. The van der Waals surface area contributed by atoms with Gasteiger partial charge in [-0.15, -0.1) is 0 Å². The van der Waals surface area contributed by atoms with E-state index < -0.39 is 41.4 Å². The van der Waals surface area contributed by atoms with E-state index in [4.69, 9.17) is 18.6 Å². The molecule has 15 heteroatoms. The molecule has 0 spiro atoms. The highest BCUT2D eigenvalue weighted by atomic mass is 32.2. The first-order valence-electron chi connectivity index (χ1n) is 17.6. The van der Waals surface area contributed by atoms with E-state index in [0.717, 1.165) is 27.8 Å². The Kier molecular flexibility index (Phi) is 10.9. The van der Waals surface area contributed by atoms with Crippen LogP contribution in [0.15, 0.2) is 102 Å². The van der Waals surface area contributed by atoms with Gasteiger partial charge >= 0.3 is 12.1 Å². The molecule has 55 heavy (non-hydrogen) atoms. The number of nitrogens with zero attached hydrogens (tertiary/aromatic N) is 3. The van der Waals surface area contributed by atoms with Crippen molar-refractivity contribution in [3.8, 4) is 5.75 Å². The molecule has 1 atom stereocenters. The highest BCUT2D eigenvalue weighted by molar-refractivity contribution is 7.92. The summed E-state index contributed by atoms with van der Waals surface area (Å²) in [5.41, 5.74) is 2.04. The fourth-order valence-electron chi connectivity index (χ4n) is 6.25. The number of fused-ring (bicyclic) bond motifs is 3. The third-order valence-corrected chi connectivity index (χ3v) is 16.5. The van der Waals surface area contributed by atoms with Gasteiger partial charge in [0.1, 0.15) is 30.2 Å². The van der Waals surface area contributed by atoms with Crippen LogP contribution in [0.25, 0.3) is 10.9 Å². The Hall–Kier alpha value is -5.51. The topological polar surface area (TPSA) is 157 Å². The van der Waals surface area contributed by atoms with Gasteiger partial charge in [0.15, 0.2) is 8.32 Å². The second kappa shape index (κ2) is 15.3. The van der Waals surface area contributed by atoms with Crippen molar-refractivity contribution < 1.29 is 41.6 Å². The van der Waals surface area contributed by atoms with Crippen LogP contribution in [0.5, 0.6) is 5.75 Å². The van der Waals surface area contributed by atoms with Crippen molar-refractivity contribution in [2.45, 2.75) is 69.5 Å². The van der Waals surface area contributed by atoms with Gasteiger partial charge in [0.05, 0.1) is 35.3 Å². The maximum atomic E-state index is 14.6. The van der Waals surface area contributed by atoms with Crippen LogP contribution < -0.4 is 9.04 Å². The molecule has 1 aromatic heterocycles. The van der Waals surface area contributed by atoms with Crippen LogP contribution in [-0.4, -0.2) is 58.0 Å². The molecule has 1 aliphatic heterocycles. The molecule has 4 aromatic carbocycles. The predicted octanol–water partition coefficient (Wildman–Crippen LogP) is 8.24. The number of aromatic nitrogens is 1. The first-order valence-corrected chi connectivity index (χ1v) is 22.0. The van der Waals surface area contributed by atoms with E-state index in [1.54, 1.807) is 18.2 Å². The Balaban J connectivity index is 1.58. The minimum Gasteiger partial charge on any atom is -0.487 e. The number of ether oxygens (including phenoxy) is 3. The zero-order valence-electron chi connectivity index (χ0n) is 31.5. The van der Waals surface area contributed by atoms with Crippen LogP contribution in [0, 0.1) is 10.1 Å². The maximum absolute atomic E-state index is 14.6. The lowest BCUT2D eigenvalue weighted by Gasteiger charge is -2.43. The number of methoxy groups -OCH3 is 1. The molecule has 0 amide bonds. The van der Waals surface area contributed by atoms with Gasteiger partial charge in [-0.25, -0.2) is 22.6 Å². The summed E-state index contributed by atoms with van der Waals surface area (Å²) in [6.45, 7) is 10.3. The number of nitro groups is 1. The zero-order chi connectivity index (χ0) is 39.7. The number of benzene rings is 4. The lowest BCUT2D eigenvalue weighted by molar-refractivity contribution is -0.384. The number of anilines is 1. The van der Waals surface area contributed by atoms with Gasteiger partial charge in [-0.1, -0.05) is 81.4 Å². The monoisotopic (exact) mass is 785 g/mol. The van der Waals surface area contributed by atoms with Crippen LogP contribution in [-0.2, 0) is 43.6 Å². The highest BCUT2D eigenvalue weighted by Crippen LogP contribution is 2.45. The molecule has 0 bridgehead atoms. The van der Waals surface area contributed by atoms with Crippen molar-refractivity contribution in [2.75, 3.05) is 18.0 Å². The van der Waals surface area contributed by atoms with Crippen molar-refractivity contribution in [1.29, 1.82) is 0 Å². The van der Waals surface area contributed by atoms with E-state index in [1.165, 1.54) is 29.6 Å². The Labute approximate surface area is 320 Å². The third kappa shape index (κ3) is 7.99. The van der Waals surface area contributed by atoms with Crippen molar-refractivity contribution in [1.82, 2.24) is 4.57 Å². The zero-order valence-corrected chi connectivity index (χ0v) is 33.3. The van der Waals surface area contributed by atoms with Crippen molar-refractivity contribution >= 4 is 52.7 Å². The second-order valence-corrected chi connectivity index (χ2v) is 21.4. The number of carbonyl (C=O) groups excluding carboxylic acids is 2. The summed E-state index contributed by atoms with van der Waals surface area (Å²) in [6, 6.07) is 26.1. The van der Waals surface area contributed by atoms with E-state index in [2.05, 4.69) is 33.9 Å². The standard InChI is InChI=1S/C40H43N3O10SSi/c1-40(2,3)55(5,6)53-30-21-32-33-22-35(38(44)50-4)42(39(45)52-26-28-15-11-8-12-16-28)37(33)36(51-25-27-13-9-7-10-14-27)23-34(32)41(24-30)54(48,49)31-19-17-29(18-20-31)43(46)47/h7-20,22-23,30H,21,24-26H2,1-6H3/t30-/m0/s1. The van der Waals surface area contributed by atoms with E-state index in [0.29, 0.717) is 10.9 Å². The molecule has 0 saturated heterocycles. The number of sulfonamides is 1. The summed E-state index contributed by atoms with van der Waals surface area (Å²) in [5, 5.41) is 11.6. The quantitative estimate of drug-likeness (QED) is 0.0553. The minimum absolute atomic E-state index is 0.0404. The number of esters is 1. The number of hydrogen-bond acceptors (Lipinski definition) is 10. The molecule has 6 rings (SSSR count). The fraction of sp³-hybridized carbons (Fsp3) is 0.300. The van der Waals surface area contributed by atoms with Gasteiger partial charge in [0.25, 0.3) is 15.7 Å². The molecule has 288 valence electrons. The van der Waals surface area contributed by atoms with Gasteiger partial charge in [-0.3, -0.25) is 14.4 Å². The maximum Gasteiger partial charge on any atom is 0.419 e. The van der Waals surface area contributed by atoms with E-state index in [-0.39, 0.29) is 64.4 Å². The molecule has 0 saturated carbocycles. The van der Waals surface area contributed by atoms with Crippen molar-refractivity contribution in [2.24, 2.45) is 0 Å². The summed E-state index contributed by atoms with van der Waals surface area (Å²) >= 11 is 0. The number of rotatable bonds is 11. The van der Waals surface area contributed by atoms with Crippen molar-refractivity contribution in [3.05, 3.63) is 130 Å². The van der Waals surface area contributed by atoms with E-state index >= 15 is 0 Å². The second-order valence-electron chi connectivity index (χ2n) is 14.8. The predicted molar refractivity (Wildman–Crippen MR) is 209 cm³/mol. The lowest BCUT2D eigenvalue weighted by atomic mass is 9.97. The van der Waals surface area contributed by atoms with Gasteiger partial charge in [-0.05, 0) is 53.0 Å². The first-order chi connectivity index (χ1) is 26.0. The van der Waals surface area contributed by atoms with Crippen LogP contribution in [0.4, 0.5) is 16.2 Å². The van der Waals surface area contributed by atoms with E-state index in [9.17, 15) is 28.1 Å². The molecule has 2 heterocycles. The van der Waals surface area contributed by atoms with Gasteiger partial charge in [0, 0.05) is 30.0 Å². The number of nitro benzene ring substituents is 1. The van der Waals surface area contributed by atoms with Crippen LogP contribution in [0.2, 0.25) is 18.1 Å². The third-order valence-electron chi connectivity index (χ3n) is 10.1. The summed E-state index contributed by atoms with van der Waals surface area (Å²) in [6.07, 6.45) is -1.28. The molecule has 0 aliphatic carbocycles. The Morgan fingerprint density at radius 3 is 2.07 bits per heavy atom. The average Bonchev–Trinajstić information content (AvgIpc) is 3.57. The van der Waals surface area contributed by atoms with E-state index in [1.807, 2.05) is 48.5 Å². The summed E-state index contributed by atoms with van der Waals surface area (Å²) in [5.74, 6) is -0.715. The van der Waals surface area contributed by atoms with Crippen molar-refractivity contribution in [3.63, 3.8) is 0 Å². The van der Waals surface area contributed by atoms with Crippen LogP contribution >= 0.6 is 0 Å². The Bertz CT molecular complexity index is 2340. The molecular weight excluding hydrogens is 743 g/mol. The molecule has 0 radical (unpaired) electrons. The molecule has 0 fully saturated rings. The molecule has 0 unspecified atom stereocenters. The number of hydrogen-bond donors (Lipinski definition) is 0. The SMILES string of the molecule is COC(=O)c1cc2c3c(cc(OCc4ccccc4)c2n1C(=O)OCc1ccccc1)N(S(=O)(=O)c1ccc([N+](=O)[O-])cc1)C[C@@H](O[Si](C)(C)C(C)(C)C)C3. The normalized spacial score (nSPS) is 14.7. The minimum atomic E-state index is -4.37. The lowest BCUT2D eigenvalue weighted by Crippen LogP contribution is -2.50. The van der Waals surface area contributed by atoms with Gasteiger partial charge in [0.2, 0.25) is 0 Å². The van der Waals surface area contributed by atoms with Gasteiger partial charge in [-0.2, -0.15) is 0 Å². The molecular formula is C40H43N3O10SSi. The largest absolute Gasteiger partial charge is 0.487 e. The number of non-ortho nitro benzene ring substituents is 1. The summed E-state index contributed by atoms with van der Waals surface area (Å²) < 4.78 is 55.8. The average molecular weight is 786 g/mol. The Morgan fingerprint density at radius 1 is 0.909 bits per heavy atom. The summed E-state index contributed by atoms with van der Waals surface area (Å²) in [4.78, 5) is 38.2. The molecule has 5 aromatic rings. The van der Waals surface area contributed by atoms with Crippen LogP contribution in [0.3, 0.4) is 0 Å². The van der Waals surface area contributed by atoms with Gasteiger partial charge < -0.3 is 18.6 Å². The smallest absolute Gasteiger partial charge is 0.419 e. The Morgan fingerprint density at radius 2 is 1.51 bits per heavy atom. The number of carbonyl (C=O) groups is 2. The molecule has 0 N–H and O–H groups in total. The fourth-order valence-corrected chi connectivity index (χ4v) is 9.12. The molecule has 13 nitrogen and oxygen atoms in total. The summed E-state index contributed by atoms with van der Waals surface area (Å²) in [7, 11) is -5.67. The van der Waals surface area contributed by atoms with Crippen LogP contribution in [0.1, 0.15) is 48.0 Å². The molecule has 1 aliphatic rings. The highest BCUT2D eigenvalue weighted by Gasteiger charge is 2.43.